The fourth-order valence-corrected chi connectivity index (χ4v) is 2.25. The summed E-state index contributed by atoms with van der Waals surface area (Å²) < 4.78 is 10.2. The van der Waals surface area contributed by atoms with Crippen LogP contribution in [-0.2, 0) is 24.3 Å². The van der Waals surface area contributed by atoms with Crippen LogP contribution >= 0.6 is 0 Å². The smallest absolute Gasteiger partial charge is 0.430 e. The number of carbonyl (C=O) groups is 2. The van der Waals surface area contributed by atoms with E-state index in [9.17, 15) is 9.59 Å². The Balaban J connectivity index is 2.09. The minimum Gasteiger partial charge on any atom is -0.430 e. The second-order valence-electron chi connectivity index (χ2n) is 5.98. The van der Waals surface area contributed by atoms with Gasteiger partial charge in [0.25, 0.3) is 0 Å². The van der Waals surface area contributed by atoms with Crippen molar-refractivity contribution < 1.29 is 33.9 Å². The molecule has 1 aromatic rings. The summed E-state index contributed by atoms with van der Waals surface area (Å²) in [5.41, 5.74) is 1.17. The van der Waals surface area contributed by atoms with Crippen LogP contribution in [0, 0.1) is 12.8 Å². The number of hydrogen-bond donors (Lipinski definition) is 0. The van der Waals surface area contributed by atoms with Crippen molar-refractivity contribution in [3.8, 4) is 0 Å². The van der Waals surface area contributed by atoms with Crippen molar-refractivity contribution in [1.29, 1.82) is 0 Å². The maximum atomic E-state index is 11.6. The van der Waals surface area contributed by atoms with Gasteiger partial charge in [0.2, 0.25) is 0 Å². The standard InChI is InChI=1S/C19H28O7/c1-4-6-9-16(5-2)14-22-11-12-23-19(21)25-26-24-18(20)17-10-7-8-15(3)13-17/h7-8,10,13,16H,4-6,9,11-12,14H2,1-3H3. The molecule has 7 heteroatoms. The second-order valence-corrected chi connectivity index (χ2v) is 5.98. The molecule has 0 heterocycles. The van der Waals surface area contributed by atoms with Crippen LogP contribution in [0.4, 0.5) is 4.79 Å². The third-order valence-corrected chi connectivity index (χ3v) is 3.81. The molecule has 0 spiro atoms. The molecule has 1 unspecified atom stereocenters. The van der Waals surface area contributed by atoms with Crippen LogP contribution in [0.2, 0.25) is 0 Å². The lowest BCUT2D eigenvalue weighted by Crippen LogP contribution is -2.16. The van der Waals surface area contributed by atoms with E-state index >= 15 is 0 Å². The zero-order chi connectivity index (χ0) is 19.2. The van der Waals surface area contributed by atoms with Crippen LogP contribution in [0.25, 0.3) is 0 Å². The van der Waals surface area contributed by atoms with Gasteiger partial charge in [0.1, 0.15) is 6.61 Å². The molecule has 7 nitrogen and oxygen atoms in total. The lowest BCUT2D eigenvalue weighted by atomic mass is 10.0. The molecule has 0 aliphatic rings. The zero-order valence-electron chi connectivity index (χ0n) is 15.7. The fourth-order valence-electron chi connectivity index (χ4n) is 2.25. The van der Waals surface area contributed by atoms with Gasteiger partial charge in [-0.05, 0) is 31.4 Å². The minimum absolute atomic E-state index is 0.0260. The molecule has 0 saturated carbocycles. The number of aryl methyl sites for hydroxylation is 1. The summed E-state index contributed by atoms with van der Waals surface area (Å²) >= 11 is 0. The van der Waals surface area contributed by atoms with Crippen molar-refractivity contribution in [2.75, 3.05) is 19.8 Å². The van der Waals surface area contributed by atoms with Gasteiger partial charge in [-0.2, -0.15) is 0 Å². The van der Waals surface area contributed by atoms with Crippen molar-refractivity contribution in [2.45, 2.75) is 46.5 Å². The van der Waals surface area contributed by atoms with Gasteiger partial charge in [-0.3, -0.25) is 4.89 Å². The van der Waals surface area contributed by atoms with Gasteiger partial charge in [-0.1, -0.05) is 50.8 Å². The topological polar surface area (TPSA) is 80.3 Å². The molecule has 0 saturated heterocycles. The molecule has 26 heavy (non-hydrogen) atoms. The summed E-state index contributed by atoms with van der Waals surface area (Å²) in [4.78, 5) is 31.5. The Morgan fingerprint density at radius 2 is 1.92 bits per heavy atom. The number of rotatable bonds is 12. The summed E-state index contributed by atoms with van der Waals surface area (Å²) in [5.74, 6) is -0.256. The van der Waals surface area contributed by atoms with Gasteiger partial charge in [-0.15, -0.1) is 0 Å². The van der Waals surface area contributed by atoms with E-state index in [2.05, 4.69) is 28.7 Å². The third-order valence-electron chi connectivity index (χ3n) is 3.81. The molecule has 0 aromatic heterocycles. The lowest BCUT2D eigenvalue weighted by Gasteiger charge is -2.14. The highest BCUT2D eigenvalue weighted by molar-refractivity contribution is 5.89. The first-order valence-corrected chi connectivity index (χ1v) is 8.93. The van der Waals surface area contributed by atoms with E-state index in [4.69, 9.17) is 9.47 Å². The van der Waals surface area contributed by atoms with E-state index in [1.54, 1.807) is 18.2 Å². The first-order chi connectivity index (χ1) is 12.6. The van der Waals surface area contributed by atoms with Crippen molar-refractivity contribution in [3.63, 3.8) is 0 Å². The van der Waals surface area contributed by atoms with Crippen molar-refractivity contribution in [3.05, 3.63) is 35.4 Å². The normalized spacial score (nSPS) is 11.7. The highest BCUT2D eigenvalue weighted by atomic mass is 17.5. The van der Waals surface area contributed by atoms with Crippen LogP contribution in [0.5, 0.6) is 0 Å². The monoisotopic (exact) mass is 368 g/mol. The summed E-state index contributed by atoms with van der Waals surface area (Å²) in [6.07, 6.45) is 3.44. The first-order valence-electron chi connectivity index (χ1n) is 8.93. The van der Waals surface area contributed by atoms with E-state index in [-0.39, 0.29) is 18.8 Å². The second kappa shape index (κ2) is 13.1. The number of carbonyl (C=O) groups excluding carboxylic acids is 2. The molecular formula is C19H28O7. The molecular weight excluding hydrogens is 340 g/mol. The number of benzene rings is 1. The molecule has 0 aliphatic heterocycles. The Kier molecular flexibility index (Phi) is 11.1. The van der Waals surface area contributed by atoms with E-state index in [1.165, 1.54) is 12.8 Å². The van der Waals surface area contributed by atoms with E-state index < -0.39 is 12.1 Å². The molecule has 1 rings (SSSR count). The maximum absolute atomic E-state index is 11.6. The van der Waals surface area contributed by atoms with Crippen LogP contribution in [0.1, 0.15) is 55.5 Å². The molecule has 0 N–H and O–H groups in total. The van der Waals surface area contributed by atoms with Gasteiger partial charge < -0.3 is 9.47 Å². The molecule has 0 bridgehead atoms. The number of unbranched alkanes of at least 4 members (excludes halogenated alkanes) is 1. The van der Waals surface area contributed by atoms with Gasteiger partial charge in [0.05, 0.1) is 17.2 Å². The van der Waals surface area contributed by atoms with Crippen LogP contribution < -0.4 is 0 Å². The van der Waals surface area contributed by atoms with E-state index in [0.29, 0.717) is 12.5 Å². The Morgan fingerprint density at radius 3 is 2.62 bits per heavy atom. The average Bonchev–Trinajstić information content (AvgIpc) is 2.63. The largest absolute Gasteiger partial charge is 0.543 e. The van der Waals surface area contributed by atoms with Crippen molar-refractivity contribution >= 4 is 12.1 Å². The maximum Gasteiger partial charge on any atom is 0.543 e. The van der Waals surface area contributed by atoms with Gasteiger partial charge in [0.15, 0.2) is 0 Å². The third kappa shape index (κ3) is 9.39. The molecule has 1 atom stereocenters. The average molecular weight is 368 g/mol. The van der Waals surface area contributed by atoms with E-state index in [0.717, 1.165) is 18.4 Å². The van der Waals surface area contributed by atoms with Crippen LogP contribution in [0.15, 0.2) is 24.3 Å². The molecule has 1 aromatic carbocycles. The van der Waals surface area contributed by atoms with Crippen molar-refractivity contribution in [2.24, 2.45) is 5.92 Å². The number of ether oxygens (including phenoxy) is 2. The first kappa shape index (κ1) is 21.9. The quantitative estimate of drug-likeness (QED) is 0.234. The Hall–Kier alpha value is -2.12. The van der Waals surface area contributed by atoms with Crippen molar-refractivity contribution in [1.82, 2.24) is 0 Å². The van der Waals surface area contributed by atoms with Gasteiger partial charge in [-0.25, -0.2) is 14.5 Å². The predicted octanol–water partition coefficient (Wildman–Crippen LogP) is 4.38. The molecule has 0 radical (unpaired) electrons. The Morgan fingerprint density at radius 1 is 1.12 bits per heavy atom. The predicted molar refractivity (Wildman–Crippen MR) is 94.2 cm³/mol. The van der Waals surface area contributed by atoms with Crippen LogP contribution in [0.3, 0.4) is 0 Å². The fraction of sp³-hybridized carbons (Fsp3) is 0.579. The molecule has 0 fully saturated rings. The highest BCUT2D eigenvalue weighted by Gasteiger charge is 2.12. The SMILES string of the molecule is CCCCC(CC)COCCOC(=O)OOOC(=O)c1cccc(C)c1. The number of hydrogen-bond acceptors (Lipinski definition) is 7. The van der Waals surface area contributed by atoms with E-state index in [1.807, 2.05) is 13.0 Å². The lowest BCUT2D eigenvalue weighted by molar-refractivity contribution is -0.452. The molecule has 0 aliphatic carbocycles. The van der Waals surface area contributed by atoms with Crippen LogP contribution in [-0.4, -0.2) is 31.9 Å². The molecule has 0 amide bonds. The van der Waals surface area contributed by atoms with Gasteiger partial charge in [0, 0.05) is 6.61 Å². The summed E-state index contributed by atoms with van der Waals surface area (Å²) in [6, 6.07) is 6.70. The van der Waals surface area contributed by atoms with Gasteiger partial charge >= 0.3 is 12.1 Å². The summed E-state index contributed by atoms with van der Waals surface area (Å²) in [7, 11) is 0. The Labute approximate surface area is 154 Å². The minimum atomic E-state index is -1.11. The Bertz CT molecular complexity index is 544. The molecule has 146 valence electrons. The summed E-state index contributed by atoms with van der Waals surface area (Å²) in [6.45, 7) is 7.05. The highest BCUT2D eigenvalue weighted by Crippen LogP contribution is 2.12. The summed E-state index contributed by atoms with van der Waals surface area (Å²) in [5, 5.41) is 4.14. The zero-order valence-corrected chi connectivity index (χ0v) is 15.7.